The molecular formula is C33H50ClN5O3S2. The van der Waals surface area contributed by atoms with Crippen LogP contribution in [0.15, 0.2) is 52.5 Å². The number of aromatic nitrogens is 1. The van der Waals surface area contributed by atoms with Crippen molar-refractivity contribution >= 4 is 54.9 Å². The fourth-order valence-electron chi connectivity index (χ4n) is 5.25. The molecule has 0 aliphatic carbocycles. The zero-order valence-electron chi connectivity index (χ0n) is 26.6. The van der Waals surface area contributed by atoms with E-state index in [4.69, 9.17) is 11.6 Å². The number of urea groups is 1. The molecule has 0 unspecified atom stereocenters. The van der Waals surface area contributed by atoms with Crippen LogP contribution in [0.3, 0.4) is 0 Å². The Morgan fingerprint density at radius 3 is 2.09 bits per heavy atom. The van der Waals surface area contributed by atoms with Crippen LogP contribution in [0.5, 0.6) is 0 Å². The Balaban J connectivity index is 1.42. The highest BCUT2D eigenvalue weighted by molar-refractivity contribution is 7.89. The maximum Gasteiger partial charge on any atom is 0.339 e. The molecule has 1 aromatic heterocycles. The fraction of sp³-hybridized carbons (Fsp3) is 0.576. The number of aryl methyl sites for hydroxylation is 1. The Morgan fingerprint density at radius 2 is 1.48 bits per heavy atom. The van der Waals surface area contributed by atoms with Gasteiger partial charge in [-0.1, -0.05) is 125 Å². The second-order valence-electron chi connectivity index (χ2n) is 11.3. The molecule has 0 fully saturated rings. The fourth-order valence-corrected chi connectivity index (χ4v) is 7.71. The lowest BCUT2D eigenvalue weighted by atomic mass is 10.0. The standard InChI is InChI=1S/C33H50ClN5O3S2/c1-4-6-7-8-9-10-11-12-13-14-15-16-17-20-25-38(3)44(41,42)27-23-24-28(34)29(26-27)35-32(40)36-37-33-39(5-2)30-21-18-19-22-31(30)43-33/h18-19,21-24,26H,4-17,20,25H2,1-3H3,(H2,35,36,40)/b37-33+. The van der Waals surface area contributed by atoms with E-state index < -0.39 is 16.1 Å². The van der Waals surface area contributed by atoms with Crippen LogP contribution < -0.4 is 15.5 Å². The van der Waals surface area contributed by atoms with Gasteiger partial charge in [-0.05, 0) is 43.7 Å². The minimum atomic E-state index is -3.73. The number of carbonyl (C=O) groups is 1. The third-order valence-electron chi connectivity index (χ3n) is 7.88. The van der Waals surface area contributed by atoms with E-state index in [1.807, 2.05) is 35.8 Å². The first kappa shape index (κ1) is 36.1. The number of hydrogen-bond acceptors (Lipinski definition) is 5. The molecule has 44 heavy (non-hydrogen) atoms. The van der Waals surface area contributed by atoms with Crippen molar-refractivity contribution in [2.45, 2.75) is 115 Å². The molecule has 0 saturated carbocycles. The third-order valence-corrected chi connectivity index (χ3v) is 11.1. The van der Waals surface area contributed by atoms with Crippen molar-refractivity contribution in [3.63, 3.8) is 0 Å². The normalized spacial score (nSPS) is 12.3. The van der Waals surface area contributed by atoms with Gasteiger partial charge in [-0.2, -0.15) is 0 Å². The van der Waals surface area contributed by atoms with Gasteiger partial charge in [-0.3, -0.25) is 0 Å². The molecule has 2 aromatic carbocycles. The highest BCUT2D eigenvalue weighted by Crippen LogP contribution is 2.27. The average molecular weight is 664 g/mol. The highest BCUT2D eigenvalue weighted by Gasteiger charge is 2.22. The average Bonchev–Trinajstić information content (AvgIpc) is 3.38. The summed E-state index contributed by atoms with van der Waals surface area (Å²) in [6.07, 6.45) is 17.6. The number of carbonyl (C=O) groups excluding carboxylic acids is 1. The number of nitrogens with zero attached hydrogens (tertiary/aromatic N) is 3. The minimum absolute atomic E-state index is 0.0790. The molecule has 0 aliphatic heterocycles. The number of nitrogens with one attached hydrogen (secondary N) is 2. The van der Waals surface area contributed by atoms with E-state index in [1.54, 1.807) is 7.05 Å². The smallest absolute Gasteiger partial charge is 0.315 e. The Kier molecular flexibility index (Phi) is 15.7. The van der Waals surface area contributed by atoms with Crippen LogP contribution in [0.1, 0.15) is 104 Å². The monoisotopic (exact) mass is 663 g/mol. The van der Waals surface area contributed by atoms with E-state index in [9.17, 15) is 13.2 Å². The van der Waals surface area contributed by atoms with Crippen LogP contribution in [-0.4, -0.2) is 36.9 Å². The number of amides is 2. The van der Waals surface area contributed by atoms with Crippen molar-refractivity contribution in [2.75, 3.05) is 18.9 Å². The van der Waals surface area contributed by atoms with E-state index >= 15 is 0 Å². The van der Waals surface area contributed by atoms with Gasteiger partial charge in [0.05, 0.1) is 25.8 Å². The first-order chi connectivity index (χ1) is 21.3. The molecule has 11 heteroatoms. The van der Waals surface area contributed by atoms with Crippen LogP contribution >= 0.6 is 22.9 Å². The molecule has 3 aromatic rings. The molecule has 2 amide bonds. The summed E-state index contributed by atoms with van der Waals surface area (Å²) in [6, 6.07) is 11.7. The maximum absolute atomic E-state index is 13.2. The number of hydrogen-bond donors (Lipinski definition) is 2. The lowest BCUT2D eigenvalue weighted by Crippen LogP contribution is -2.29. The topological polar surface area (TPSA) is 95.8 Å². The molecule has 244 valence electrons. The van der Waals surface area contributed by atoms with E-state index in [0.29, 0.717) is 17.9 Å². The minimum Gasteiger partial charge on any atom is -0.315 e. The van der Waals surface area contributed by atoms with Crippen molar-refractivity contribution in [3.05, 3.63) is 52.3 Å². The molecule has 0 aliphatic rings. The van der Waals surface area contributed by atoms with Crippen LogP contribution in [0.4, 0.5) is 10.5 Å². The van der Waals surface area contributed by atoms with Gasteiger partial charge in [-0.25, -0.2) is 22.9 Å². The van der Waals surface area contributed by atoms with Gasteiger partial charge < -0.3 is 9.88 Å². The highest BCUT2D eigenvalue weighted by atomic mass is 35.5. The predicted molar refractivity (Wildman–Crippen MR) is 185 cm³/mol. The van der Waals surface area contributed by atoms with Gasteiger partial charge >= 0.3 is 6.03 Å². The second kappa shape index (κ2) is 19.2. The number of halogens is 1. The summed E-state index contributed by atoms with van der Waals surface area (Å²) in [4.78, 5) is 13.4. The number of rotatable bonds is 20. The zero-order chi connectivity index (χ0) is 31.8. The molecule has 0 saturated heterocycles. The lowest BCUT2D eigenvalue weighted by Gasteiger charge is -2.18. The second-order valence-corrected chi connectivity index (χ2v) is 14.8. The van der Waals surface area contributed by atoms with Crippen molar-refractivity contribution in [3.8, 4) is 0 Å². The molecule has 3 rings (SSSR count). The molecule has 8 nitrogen and oxygen atoms in total. The Bertz CT molecular complexity index is 1490. The molecule has 2 N–H and O–H groups in total. The summed E-state index contributed by atoms with van der Waals surface area (Å²) >= 11 is 7.78. The van der Waals surface area contributed by atoms with E-state index in [-0.39, 0.29) is 15.6 Å². The number of benzene rings is 2. The summed E-state index contributed by atoms with van der Waals surface area (Å²) in [7, 11) is -2.14. The zero-order valence-corrected chi connectivity index (χ0v) is 29.0. The Labute approximate surface area is 272 Å². The molecule has 0 atom stereocenters. The SMILES string of the molecule is CCCCCCCCCCCCCCCCN(C)S(=O)(=O)c1ccc(Cl)c(NC(=O)N/N=c2/sc3ccccc3n2CC)c1. The van der Waals surface area contributed by atoms with Crippen molar-refractivity contribution in [1.82, 2.24) is 14.3 Å². The van der Waals surface area contributed by atoms with E-state index in [0.717, 1.165) is 29.5 Å². The van der Waals surface area contributed by atoms with Gasteiger partial charge in [0.2, 0.25) is 14.8 Å². The predicted octanol–water partition coefficient (Wildman–Crippen LogP) is 9.12. The Hall–Kier alpha value is -2.40. The quantitative estimate of drug-likeness (QED) is 0.0932. The van der Waals surface area contributed by atoms with E-state index in [2.05, 4.69) is 22.8 Å². The van der Waals surface area contributed by atoms with Gasteiger partial charge in [0, 0.05) is 20.1 Å². The first-order valence-electron chi connectivity index (χ1n) is 16.2. The number of sulfonamides is 1. The van der Waals surface area contributed by atoms with Crippen molar-refractivity contribution in [1.29, 1.82) is 0 Å². The van der Waals surface area contributed by atoms with Crippen LogP contribution in [-0.2, 0) is 16.6 Å². The van der Waals surface area contributed by atoms with Gasteiger partial charge in [-0.15, -0.1) is 5.10 Å². The number of thiazole rings is 1. The number of unbranched alkanes of at least 4 members (excludes halogenated alkanes) is 13. The lowest BCUT2D eigenvalue weighted by molar-refractivity contribution is 0.252. The number of anilines is 1. The van der Waals surface area contributed by atoms with Gasteiger partial charge in [0.1, 0.15) is 0 Å². The molecule has 0 bridgehead atoms. The molecule has 1 heterocycles. The van der Waals surface area contributed by atoms with Crippen LogP contribution in [0, 0.1) is 0 Å². The molecular weight excluding hydrogens is 614 g/mol. The first-order valence-corrected chi connectivity index (χ1v) is 18.9. The summed E-state index contributed by atoms with van der Waals surface area (Å²) in [5, 5.41) is 7.15. The Morgan fingerprint density at radius 1 is 0.886 bits per heavy atom. The van der Waals surface area contributed by atoms with E-state index in [1.165, 1.54) is 104 Å². The van der Waals surface area contributed by atoms with Crippen molar-refractivity contribution < 1.29 is 13.2 Å². The van der Waals surface area contributed by atoms with Crippen molar-refractivity contribution in [2.24, 2.45) is 5.10 Å². The summed E-state index contributed by atoms with van der Waals surface area (Å²) in [6.45, 7) is 5.41. The van der Waals surface area contributed by atoms with Gasteiger partial charge in [0.25, 0.3) is 0 Å². The molecule has 0 radical (unpaired) electrons. The van der Waals surface area contributed by atoms with Crippen LogP contribution in [0.25, 0.3) is 10.2 Å². The third kappa shape index (κ3) is 11.2. The maximum atomic E-state index is 13.2. The van der Waals surface area contributed by atoms with Gasteiger partial charge in [0.15, 0.2) is 0 Å². The van der Waals surface area contributed by atoms with Crippen LogP contribution in [0.2, 0.25) is 5.02 Å². The number of para-hydroxylation sites is 1. The summed E-state index contributed by atoms with van der Waals surface area (Å²) in [5.41, 5.74) is 3.75. The summed E-state index contributed by atoms with van der Waals surface area (Å²) in [5.74, 6) is 0. The molecule has 0 spiro atoms. The largest absolute Gasteiger partial charge is 0.339 e. The number of fused-ring (bicyclic) bond motifs is 1. The summed E-state index contributed by atoms with van der Waals surface area (Å²) < 4.78 is 30.9.